The Labute approximate surface area is 159 Å². The van der Waals surface area contributed by atoms with E-state index in [9.17, 15) is 17.6 Å². The lowest BCUT2D eigenvalue weighted by molar-refractivity contribution is -0.127. The molecule has 1 aromatic carbocycles. The molecule has 2 saturated heterocycles. The number of halogens is 2. The van der Waals surface area contributed by atoms with Gasteiger partial charge in [0.15, 0.2) is 0 Å². The minimum Gasteiger partial charge on any atom is -0.343 e. The molecule has 2 heterocycles. The summed E-state index contributed by atoms with van der Waals surface area (Å²) in [6, 6.07) is 2.36. The van der Waals surface area contributed by atoms with Crippen LogP contribution in [0.4, 0.5) is 4.39 Å². The molecule has 0 N–H and O–H groups in total. The number of likely N-dealkylation sites (tertiary alicyclic amines) is 1. The minimum absolute atomic E-state index is 0.0285. The maximum atomic E-state index is 13.6. The Bertz CT molecular complexity index is 792. The molecule has 3 rings (SSSR count). The zero-order chi connectivity index (χ0) is 18.9. The normalized spacial score (nSPS) is 20.1. The second-order valence-corrected chi connectivity index (χ2v) is 9.47. The number of rotatable bonds is 5. The standard InChI is InChI=1S/C18H24ClFN2O3S/c1-13-11-17(15(19)12-16(13)20)26(24,25)22-9-5-14(6-10-22)4-8-21-7-2-3-18(21)23/h11-12,14H,2-10H2,1H3. The fourth-order valence-corrected chi connectivity index (χ4v) is 5.73. The summed E-state index contributed by atoms with van der Waals surface area (Å²) >= 11 is 5.99. The molecule has 0 atom stereocenters. The molecule has 26 heavy (non-hydrogen) atoms. The van der Waals surface area contributed by atoms with Gasteiger partial charge in [-0.25, -0.2) is 12.8 Å². The van der Waals surface area contributed by atoms with Crippen LogP contribution in [0, 0.1) is 18.7 Å². The average Bonchev–Trinajstić information content (AvgIpc) is 3.01. The molecule has 0 saturated carbocycles. The van der Waals surface area contributed by atoms with E-state index in [0.717, 1.165) is 44.8 Å². The quantitative estimate of drug-likeness (QED) is 0.759. The van der Waals surface area contributed by atoms with Crippen molar-refractivity contribution in [3.05, 3.63) is 28.5 Å². The van der Waals surface area contributed by atoms with E-state index in [-0.39, 0.29) is 21.4 Å². The second kappa shape index (κ2) is 7.82. The third kappa shape index (κ3) is 4.05. The van der Waals surface area contributed by atoms with Gasteiger partial charge in [0.1, 0.15) is 10.7 Å². The number of hydrogen-bond donors (Lipinski definition) is 0. The van der Waals surface area contributed by atoms with Crippen molar-refractivity contribution in [2.24, 2.45) is 5.92 Å². The van der Waals surface area contributed by atoms with E-state index in [1.54, 1.807) is 0 Å². The van der Waals surface area contributed by atoms with Crippen molar-refractivity contribution in [1.29, 1.82) is 0 Å². The van der Waals surface area contributed by atoms with Crippen molar-refractivity contribution < 1.29 is 17.6 Å². The highest BCUT2D eigenvalue weighted by molar-refractivity contribution is 7.89. The van der Waals surface area contributed by atoms with E-state index >= 15 is 0 Å². The van der Waals surface area contributed by atoms with Crippen LogP contribution < -0.4 is 0 Å². The Morgan fingerprint density at radius 1 is 1.23 bits per heavy atom. The Kier molecular flexibility index (Phi) is 5.89. The smallest absolute Gasteiger partial charge is 0.244 e. The molecule has 1 aromatic rings. The van der Waals surface area contributed by atoms with Gasteiger partial charge >= 0.3 is 0 Å². The molecule has 0 radical (unpaired) electrons. The Morgan fingerprint density at radius 3 is 2.54 bits per heavy atom. The largest absolute Gasteiger partial charge is 0.343 e. The summed E-state index contributed by atoms with van der Waals surface area (Å²) in [5.41, 5.74) is 0.262. The SMILES string of the molecule is Cc1cc(S(=O)(=O)N2CCC(CCN3CCCC3=O)CC2)c(Cl)cc1F. The van der Waals surface area contributed by atoms with E-state index in [0.29, 0.717) is 25.4 Å². The molecule has 8 heteroatoms. The fourth-order valence-electron chi connectivity index (χ4n) is 3.68. The number of benzene rings is 1. The van der Waals surface area contributed by atoms with Crippen molar-refractivity contribution >= 4 is 27.5 Å². The number of sulfonamides is 1. The highest BCUT2D eigenvalue weighted by atomic mass is 35.5. The molecule has 2 aliphatic heterocycles. The van der Waals surface area contributed by atoms with Crippen molar-refractivity contribution in [3.63, 3.8) is 0 Å². The van der Waals surface area contributed by atoms with Crippen LogP contribution in [0.2, 0.25) is 5.02 Å². The molecule has 144 valence electrons. The van der Waals surface area contributed by atoms with E-state index < -0.39 is 15.8 Å². The highest BCUT2D eigenvalue weighted by Gasteiger charge is 2.32. The molecule has 0 spiro atoms. The van der Waals surface area contributed by atoms with Crippen molar-refractivity contribution in [3.8, 4) is 0 Å². The van der Waals surface area contributed by atoms with Gasteiger partial charge in [-0.3, -0.25) is 4.79 Å². The maximum Gasteiger partial charge on any atom is 0.244 e. The Morgan fingerprint density at radius 2 is 1.92 bits per heavy atom. The van der Waals surface area contributed by atoms with E-state index in [1.807, 2.05) is 4.90 Å². The third-order valence-corrected chi connectivity index (χ3v) is 7.75. The van der Waals surface area contributed by atoms with Gasteiger partial charge in [-0.15, -0.1) is 0 Å². The Balaban J connectivity index is 1.60. The summed E-state index contributed by atoms with van der Waals surface area (Å²) in [6.45, 7) is 3.98. The van der Waals surface area contributed by atoms with Crippen molar-refractivity contribution in [2.45, 2.75) is 43.9 Å². The lowest BCUT2D eigenvalue weighted by Crippen LogP contribution is -2.39. The van der Waals surface area contributed by atoms with Crippen LogP contribution in [-0.2, 0) is 14.8 Å². The zero-order valence-corrected chi connectivity index (χ0v) is 16.5. The van der Waals surface area contributed by atoms with Gasteiger partial charge in [0, 0.05) is 32.6 Å². The van der Waals surface area contributed by atoms with Crippen LogP contribution >= 0.6 is 11.6 Å². The third-order valence-electron chi connectivity index (χ3n) is 5.38. The summed E-state index contributed by atoms with van der Waals surface area (Å²) in [6.07, 6.45) is 4.02. The van der Waals surface area contributed by atoms with Gasteiger partial charge in [0.25, 0.3) is 0 Å². The van der Waals surface area contributed by atoms with Crippen LogP contribution in [0.3, 0.4) is 0 Å². The van der Waals surface area contributed by atoms with E-state index in [4.69, 9.17) is 11.6 Å². The van der Waals surface area contributed by atoms with Crippen LogP contribution in [0.5, 0.6) is 0 Å². The molecule has 5 nitrogen and oxygen atoms in total. The van der Waals surface area contributed by atoms with Gasteiger partial charge in [-0.1, -0.05) is 11.6 Å². The molecule has 0 unspecified atom stereocenters. The second-order valence-electron chi connectivity index (χ2n) is 7.15. The summed E-state index contributed by atoms with van der Waals surface area (Å²) in [4.78, 5) is 13.5. The number of carbonyl (C=O) groups is 1. The zero-order valence-electron chi connectivity index (χ0n) is 14.9. The summed E-state index contributed by atoms with van der Waals surface area (Å²) < 4.78 is 40.7. The fraction of sp³-hybridized carbons (Fsp3) is 0.611. The first-order valence-electron chi connectivity index (χ1n) is 9.02. The van der Waals surface area contributed by atoms with Crippen molar-refractivity contribution in [2.75, 3.05) is 26.2 Å². The number of nitrogens with zero attached hydrogens (tertiary/aromatic N) is 2. The lowest BCUT2D eigenvalue weighted by atomic mass is 9.94. The number of hydrogen-bond acceptors (Lipinski definition) is 3. The molecule has 2 aliphatic rings. The first kappa shape index (κ1) is 19.6. The minimum atomic E-state index is -3.72. The molecule has 0 aromatic heterocycles. The summed E-state index contributed by atoms with van der Waals surface area (Å²) in [7, 11) is -3.72. The molecular formula is C18H24ClFN2O3S. The van der Waals surface area contributed by atoms with Crippen LogP contribution in [-0.4, -0.2) is 49.7 Å². The van der Waals surface area contributed by atoms with Gasteiger partial charge in [0.2, 0.25) is 15.9 Å². The van der Waals surface area contributed by atoms with Gasteiger partial charge in [0.05, 0.1) is 5.02 Å². The number of aryl methyl sites for hydroxylation is 1. The highest BCUT2D eigenvalue weighted by Crippen LogP contribution is 2.31. The molecule has 0 bridgehead atoms. The topological polar surface area (TPSA) is 57.7 Å². The van der Waals surface area contributed by atoms with Gasteiger partial charge in [-0.05, 0) is 56.2 Å². The van der Waals surface area contributed by atoms with Gasteiger partial charge < -0.3 is 4.90 Å². The number of carbonyl (C=O) groups excluding carboxylic acids is 1. The van der Waals surface area contributed by atoms with Crippen LogP contribution in [0.25, 0.3) is 0 Å². The summed E-state index contributed by atoms with van der Waals surface area (Å²) in [5.74, 6) is 0.135. The van der Waals surface area contributed by atoms with Crippen LogP contribution in [0.15, 0.2) is 17.0 Å². The monoisotopic (exact) mass is 402 g/mol. The molecular weight excluding hydrogens is 379 g/mol. The van der Waals surface area contributed by atoms with Crippen molar-refractivity contribution in [1.82, 2.24) is 9.21 Å². The maximum absolute atomic E-state index is 13.6. The molecule has 2 fully saturated rings. The predicted octanol–water partition coefficient (Wildman–Crippen LogP) is 3.20. The molecule has 0 aliphatic carbocycles. The number of amides is 1. The number of piperidine rings is 1. The van der Waals surface area contributed by atoms with Gasteiger partial charge in [-0.2, -0.15) is 4.31 Å². The molecule has 1 amide bonds. The lowest BCUT2D eigenvalue weighted by Gasteiger charge is -2.32. The first-order chi connectivity index (χ1) is 12.3. The van der Waals surface area contributed by atoms with E-state index in [2.05, 4.69) is 0 Å². The van der Waals surface area contributed by atoms with E-state index in [1.165, 1.54) is 17.3 Å². The average molecular weight is 403 g/mol. The Hall–Kier alpha value is -1.18. The predicted molar refractivity (Wildman–Crippen MR) is 98.1 cm³/mol. The summed E-state index contributed by atoms with van der Waals surface area (Å²) in [5, 5.41) is -0.0808. The first-order valence-corrected chi connectivity index (χ1v) is 10.8. The van der Waals surface area contributed by atoms with Crippen LogP contribution in [0.1, 0.15) is 37.7 Å².